The summed E-state index contributed by atoms with van der Waals surface area (Å²) in [5, 5.41) is 0. The highest BCUT2D eigenvalue weighted by Gasteiger charge is 2.23. The van der Waals surface area contributed by atoms with Crippen molar-refractivity contribution in [1.82, 2.24) is 4.90 Å². The predicted octanol–water partition coefficient (Wildman–Crippen LogP) is 2.07. The number of allylic oxidation sites excluding steroid dienone is 1. The van der Waals surface area contributed by atoms with E-state index in [2.05, 4.69) is 6.08 Å². The molecule has 0 radical (unpaired) electrons. The Balaban J connectivity index is 1.84. The van der Waals surface area contributed by atoms with E-state index in [1.54, 1.807) is 0 Å². The Kier molecular flexibility index (Phi) is 4.60. The molecule has 0 spiro atoms. The number of carbonyl (C=O) groups is 1. The van der Waals surface area contributed by atoms with Gasteiger partial charge in [-0.25, -0.2) is 0 Å². The van der Waals surface area contributed by atoms with Gasteiger partial charge in [-0.05, 0) is 51.0 Å². The molecule has 1 aliphatic heterocycles. The molecule has 1 aliphatic carbocycles. The second-order valence-electron chi connectivity index (χ2n) is 5.37. The van der Waals surface area contributed by atoms with Crippen LogP contribution < -0.4 is 5.73 Å². The number of carbonyl (C=O) groups excluding carboxylic acids is 1. The van der Waals surface area contributed by atoms with Crippen molar-refractivity contribution < 1.29 is 4.79 Å². The fourth-order valence-corrected chi connectivity index (χ4v) is 2.86. The van der Waals surface area contributed by atoms with Crippen LogP contribution in [-0.2, 0) is 4.79 Å². The summed E-state index contributed by atoms with van der Waals surface area (Å²) in [6, 6.07) is 0. The zero-order valence-electron chi connectivity index (χ0n) is 10.7. The molecular formula is C14H24N2O. The first kappa shape index (κ1) is 12.6. The number of amides is 1. The number of hydrogen-bond donors (Lipinski definition) is 1. The number of nitrogens with zero attached hydrogens (tertiary/aromatic N) is 1. The predicted molar refractivity (Wildman–Crippen MR) is 69.5 cm³/mol. The van der Waals surface area contributed by atoms with Crippen LogP contribution in [0.4, 0.5) is 0 Å². The van der Waals surface area contributed by atoms with Crippen molar-refractivity contribution in [2.24, 2.45) is 11.7 Å². The molecule has 0 saturated carbocycles. The monoisotopic (exact) mass is 236 g/mol. The van der Waals surface area contributed by atoms with E-state index in [0.717, 1.165) is 32.4 Å². The second kappa shape index (κ2) is 6.20. The highest BCUT2D eigenvalue weighted by atomic mass is 16.2. The van der Waals surface area contributed by atoms with E-state index in [1.165, 1.54) is 24.8 Å². The van der Waals surface area contributed by atoms with Crippen LogP contribution in [0.5, 0.6) is 0 Å². The van der Waals surface area contributed by atoms with Gasteiger partial charge >= 0.3 is 0 Å². The van der Waals surface area contributed by atoms with E-state index >= 15 is 0 Å². The van der Waals surface area contributed by atoms with Crippen LogP contribution >= 0.6 is 0 Å². The fourth-order valence-electron chi connectivity index (χ4n) is 2.86. The minimum Gasteiger partial charge on any atom is -0.342 e. The maximum Gasteiger partial charge on any atom is 0.226 e. The summed E-state index contributed by atoms with van der Waals surface area (Å²) in [6.07, 6.45) is 10.0. The first-order chi connectivity index (χ1) is 8.29. The SMILES string of the molecule is NCC1CCCN(C(=O)CC2=CCCCC2)C1. The quantitative estimate of drug-likeness (QED) is 0.763. The Morgan fingerprint density at radius 2 is 2.29 bits per heavy atom. The van der Waals surface area contributed by atoms with E-state index in [9.17, 15) is 4.79 Å². The zero-order valence-corrected chi connectivity index (χ0v) is 10.7. The molecule has 0 aromatic carbocycles. The van der Waals surface area contributed by atoms with Crippen LogP contribution in [0.2, 0.25) is 0 Å². The van der Waals surface area contributed by atoms with Crippen molar-refractivity contribution in [2.75, 3.05) is 19.6 Å². The van der Waals surface area contributed by atoms with Crippen molar-refractivity contribution in [2.45, 2.75) is 44.9 Å². The van der Waals surface area contributed by atoms with E-state index in [-0.39, 0.29) is 0 Å². The Morgan fingerprint density at radius 1 is 1.41 bits per heavy atom. The molecule has 1 fully saturated rings. The van der Waals surface area contributed by atoms with Gasteiger partial charge in [-0.15, -0.1) is 0 Å². The third kappa shape index (κ3) is 3.56. The van der Waals surface area contributed by atoms with Gasteiger partial charge in [-0.1, -0.05) is 11.6 Å². The average molecular weight is 236 g/mol. The normalized spacial score (nSPS) is 25.6. The van der Waals surface area contributed by atoms with Gasteiger partial charge in [0.15, 0.2) is 0 Å². The summed E-state index contributed by atoms with van der Waals surface area (Å²) in [4.78, 5) is 14.2. The first-order valence-electron chi connectivity index (χ1n) is 6.95. The molecule has 1 atom stereocenters. The minimum absolute atomic E-state index is 0.316. The molecular weight excluding hydrogens is 212 g/mol. The third-order valence-electron chi connectivity index (χ3n) is 3.97. The molecule has 1 saturated heterocycles. The number of nitrogens with two attached hydrogens (primary N) is 1. The van der Waals surface area contributed by atoms with Crippen molar-refractivity contribution in [1.29, 1.82) is 0 Å². The van der Waals surface area contributed by atoms with E-state index in [4.69, 9.17) is 5.73 Å². The van der Waals surface area contributed by atoms with E-state index < -0.39 is 0 Å². The van der Waals surface area contributed by atoms with Crippen molar-refractivity contribution in [3.05, 3.63) is 11.6 Å². The van der Waals surface area contributed by atoms with Gasteiger partial charge in [0.1, 0.15) is 0 Å². The first-order valence-corrected chi connectivity index (χ1v) is 6.95. The van der Waals surface area contributed by atoms with Crippen molar-refractivity contribution >= 4 is 5.91 Å². The third-order valence-corrected chi connectivity index (χ3v) is 3.97. The summed E-state index contributed by atoms with van der Waals surface area (Å²) in [5.41, 5.74) is 7.06. The molecule has 0 aromatic heterocycles. The minimum atomic E-state index is 0.316. The lowest BCUT2D eigenvalue weighted by Crippen LogP contribution is -2.42. The number of hydrogen-bond acceptors (Lipinski definition) is 2. The van der Waals surface area contributed by atoms with Crippen LogP contribution in [0.1, 0.15) is 44.9 Å². The molecule has 1 amide bonds. The van der Waals surface area contributed by atoms with Gasteiger partial charge in [-0.2, -0.15) is 0 Å². The molecule has 3 nitrogen and oxygen atoms in total. The van der Waals surface area contributed by atoms with Crippen LogP contribution in [0, 0.1) is 5.92 Å². The summed E-state index contributed by atoms with van der Waals surface area (Å²) in [7, 11) is 0. The van der Waals surface area contributed by atoms with Gasteiger partial charge in [-0.3, -0.25) is 4.79 Å². The van der Waals surface area contributed by atoms with Gasteiger partial charge in [0.05, 0.1) is 0 Å². The summed E-state index contributed by atoms with van der Waals surface area (Å²) in [5.74, 6) is 0.837. The topological polar surface area (TPSA) is 46.3 Å². The molecule has 0 aromatic rings. The largest absolute Gasteiger partial charge is 0.342 e. The molecule has 2 aliphatic rings. The summed E-state index contributed by atoms with van der Waals surface area (Å²) in [6.45, 7) is 2.53. The highest BCUT2D eigenvalue weighted by molar-refractivity contribution is 5.78. The maximum absolute atomic E-state index is 12.2. The summed E-state index contributed by atoms with van der Waals surface area (Å²) >= 11 is 0. The molecule has 0 bridgehead atoms. The van der Waals surface area contributed by atoms with E-state index in [0.29, 0.717) is 24.8 Å². The average Bonchev–Trinajstić information content (AvgIpc) is 2.40. The highest BCUT2D eigenvalue weighted by Crippen LogP contribution is 2.22. The van der Waals surface area contributed by atoms with Crippen molar-refractivity contribution in [3.8, 4) is 0 Å². The summed E-state index contributed by atoms with van der Waals surface area (Å²) < 4.78 is 0. The molecule has 2 N–H and O–H groups in total. The molecule has 17 heavy (non-hydrogen) atoms. The van der Waals surface area contributed by atoms with Crippen LogP contribution in [0.15, 0.2) is 11.6 Å². The Bertz CT molecular complexity index is 299. The molecule has 1 unspecified atom stereocenters. The van der Waals surface area contributed by atoms with Crippen molar-refractivity contribution in [3.63, 3.8) is 0 Å². The lowest BCUT2D eigenvalue weighted by atomic mass is 9.95. The lowest BCUT2D eigenvalue weighted by molar-refractivity contribution is -0.132. The lowest BCUT2D eigenvalue weighted by Gasteiger charge is -2.32. The van der Waals surface area contributed by atoms with Crippen LogP contribution in [0.3, 0.4) is 0 Å². The number of piperidine rings is 1. The standard InChI is InChI=1S/C14H24N2O/c15-10-13-7-4-8-16(11-13)14(17)9-12-5-2-1-3-6-12/h5,13H,1-4,6-11,15H2. The maximum atomic E-state index is 12.2. The smallest absolute Gasteiger partial charge is 0.226 e. The zero-order chi connectivity index (χ0) is 12.1. The number of likely N-dealkylation sites (tertiary alicyclic amines) is 1. The molecule has 3 heteroatoms. The van der Waals surface area contributed by atoms with E-state index in [1.807, 2.05) is 4.90 Å². The Labute approximate surface area is 104 Å². The Morgan fingerprint density at radius 3 is 3.00 bits per heavy atom. The second-order valence-corrected chi connectivity index (χ2v) is 5.37. The number of rotatable bonds is 3. The van der Waals surface area contributed by atoms with Gasteiger partial charge < -0.3 is 10.6 Å². The fraction of sp³-hybridized carbons (Fsp3) is 0.786. The van der Waals surface area contributed by atoms with Crippen LogP contribution in [-0.4, -0.2) is 30.4 Å². The molecule has 2 rings (SSSR count). The molecule has 1 heterocycles. The van der Waals surface area contributed by atoms with Gasteiger partial charge in [0.25, 0.3) is 0 Å². The van der Waals surface area contributed by atoms with Gasteiger partial charge in [0.2, 0.25) is 5.91 Å². The van der Waals surface area contributed by atoms with Gasteiger partial charge in [0, 0.05) is 19.5 Å². The van der Waals surface area contributed by atoms with Crippen LogP contribution in [0.25, 0.3) is 0 Å². The molecule has 96 valence electrons. The Hall–Kier alpha value is -0.830.